The maximum absolute atomic E-state index is 6.01. The Bertz CT molecular complexity index is 837. The SMILES string of the molecule is Clc1cccc(CNc2cnn(Cc3nnc4n3CCCC4)c2)c1. The predicted octanol–water partition coefficient (Wildman–Crippen LogP) is 3.12. The van der Waals surface area contributed by atoms with Crippen molar-refractivity contribution in [3.63, 3.8) is 0 Å². The lowest BCUT2D eigenvalue weighted by molar-refractivity contribution is 0.496. The third-order valence-corrected chi connectivity index (χ3v) is 4.49. The van der Waals surface area contributed by atoms with Crippen molar-refractivity contribution in [2.75, 3.05) is 5.32 Å². The summed E-state index contributed by atoms with van der Waals surface area (Å²) < 4.78 is 4.12. The van der Waals surface area contributed by atoms with E-state index in [2.05, 4.69) is 25.2 Å². The minimum absolute atomic E-state index is 0.645. The van der Waals surface area contributed by atoms with Crippen LogP contribution in [0, 0.1) is 0 Å². The van der Waals surface area contributed by atoms with E-state index in [1.54, 1.807) is 0 Å². The van der Waals surface area contributed by atoms with Crippen molar-refractivity contribution in [3.05, 3.63) is 58.9 Å². The van der Waals surface area contributed by atoms with Crippen LogP contribution in [-0.2, 0) is 26.1 Å². The molecule has 0 atom stereocenters. The lowest BCUT2D eigenvalue weighted by Crippen LogP contribution is -2.15. The van der Waals surface area contributed by atoms with Gasteiger partial charge in [0.15, 0.2) is 5.82 Å². The van der Waals surface area contributed by atoms with Crippen molar-refractivity contribution in [1.29, 1.82) is 0 Å². The van der Waals surface area contributed by atoms with Gasteiger partial charge in [-0.25, -0.2) is 0 Å². The van der Waals surface area contributed by atoms with Crippen molar-refractivity contribution >= 4 is 17.3 Å². The Balaban J connectivity index is 1.41. The molecule has 0 fully saturated rings. The monoisotopic (exact) mass is 342 g/mol. The molecule has 1 aliphatic heterocycles. The molecule has 124 valence electrons. The number of nitrogens with one attached hydrogen (secondary N) is 1. The number of fused-ring (bicyclic) bond motifs is 1. The van der Waals surface area contributed by atoms with Gasteiger partial charge >= 0.3 is 0 Å². The summed E-state index contributed by atoms with van der Waals surface area (Å²) in [5.41, 5.74) is 2.12. The molecule has 1 aromatic carbocycles. The highest BCUT2D eigenvalue weighted by molar-refractivity contribution is 6.30. The fraction of sp³-hybridized carbons (Fsp3) is 0.353. The molecule has 2 aromatic heterocycles. The summed E-state index contributed by atoms with van der Waals surface area (Å²) >= 11 is 6.01. The van der Waals surface area contributed by atoms with Gasteiger partial charge in [-0.3, -0.25) is 4.68 Å². The molecule has 1 N–H and O–H groups in total. The van der Waals surface area contributed by atoms with Gasteiger partial charge in [0.2, 0.25) is 0 Å². The highest BCUT2D eigenvalue weighted by Crippen LogP contribution is 2.16. The first kappa shape index (κ1) is 15.2. The van der Waals surface area contributed by atoms with Gasteiger partial charge in [-0.15, -0.1) is 10.2 Å². The smallest absolute Gasteiger partial charge is 0.154 e. The molecule has 0 spiro atoms. The summed E-state index contributed by atoms with van der Waals surface area (Å²) in [6, 6.07) is 7.84. The second-order valence-electron chi connectivity index (χ2n) is 6.05. The van der Waals surface area contributed by atoms with Crippen LogP contribution in [0.25, 0.3) is 0 Å². The van der Waals surface area contributed by atoms with Crippen LogP contribution in [0.5, 0.6) is 0 Å². The van der Waals surface area contributed by atoms with E-state index >= 15 is 0 Å². The number of aryl methyl sites for hydroxylation is 1. The summed E-state index contributed by atoms with van der Waals surface area (Å²) in [6.45, 7) is 2.37. The zero-order valence-corrected chi connectivity index (χ0v) is 14.1. The summed E-state index contributed by atoms with van der Waals surface area (Å²) in [7, 11) is 0. The van der Waals surface area contributed by atoms with Gasteiger partial charge in [0.1, 0.15) is 12.4 Å². The van der Waals surface area contributed by atoms with Gasteiger partial charge in [0.05, 0.1) is 11.9 Å². The number of anilines is 1. The Morgan fingerprint density at radius 2 is 2.17 bits per heavy atom. The number of rotatable bonds is 5. The maximum atomic E-state index is 6.01. The van der Waals surface area contributed by atoms with Crippen LogP contribution in [0.15, 0.2) is 36.7 Å². The van der Waals surface area contributed by atoms with Crippen LogP contribution in [0.4, 0.5) is 5.69 Å². The average molecular weight is 343 g/mol. The van der Waals surface area contributed by atoms with E-state index in [1.807, 2.05) is 41.3 Å². The van der Waals surface area contributed by atoms with E-state index in [1.165, 1.54) is 12.8 Å². The highest BCUT2D eigenvalue weighted by atomic mass is 35.5. The first-order chi connectivity index (χ1) is 11.8. The minimum Gasteiger partial charge on any atom is -0.378 e. The molecule has 3 aromatic rings. The van der Waals surface area contributed by atoms with Crippen molar-refractivity contribution in [2.24, 2.45) is 0 Å². The van der Waals surface area contributed by atoms with Crippen molar-refractivity contribution in [1.82, 2.24) is 24.5 Å². The summed E-state index contributed by atoms with van der Waals surface area (Å²) in [4.78, 5) is 0. The van der Waals surface area contributed by atoms with Crippen molar-refractivity contribution in [2.45, 2.75) is 38.9 Å². The number of halogens is 1. The Kier molecular flexibility index (Phi) is 4.21. The summed E-state index contributed by atoms with van der Waals surface area (Å²) in [5, 5.41) is 17.1. The molecule has 6 nitrogen and oxygen atoms in total. The minimum atomic E-state index is 0.645. The molecule has 0 unspecified atom stereocenters. The standard InChI is InChI=1S/C17H19ClN6/c18-14-5-3-4-13(8-14)9-19-15-10-20-23(11-15)12-17-22-21-16-6-1-2-7-24(16)17/h3-5,8,10-11,19H,1-2,6-7,9,12H2. The van der Waals surface area contributed by atoms with E-state index in [-0.39, 0.29) is 0 Å². The normalized spacial score (nSPS) is 13.7. The molecule has 0 aliphatic carbocycles. The Morgan fingerprint density at radius 1 is 1.21 bits per heavy atom. The lowest BCUT2D eigenvalue weighted by Gasteiger charge is -2.14. The summed E-state index contributed by atoms with van der Waals surface area (Å²) in [6.07, 6.45) is 7.26. The van der Waals surface area contributed by atoms with Crippen molar-refractivity contribution < 1.29 is 0 Å². The lowest BCUT2D eigenvalue weighted by atomic mass is 10.2. The van der Waals surface area contributed by atoms with Crippen molar-refractivity contribution in [3.8, 4) is 0 Å². The van der Waals surface area contributed by atoms with Crippen LogP contribution in [0.3, 0.4) is 0 Å². The second kappa shape index (κ2) is 6.65. The van der Waals surface area contributed by atoms with Gasteiger partial charge in [0.25, 0.3) is 0 Å². The van der Waals surface area contributed by atoms with Gasteiger partial charge in [0, 0.05) is 30.7 Å². The van der Waals surface area contributed by atoms with E-state index < -0.39 is 0 Å². The molecule has 1 aliphatic rings. The van der Waals surface area contributed by atoms with E-state index in [0.717, 1.165) is 40.9 Å². The molecular weight excluding hydrogens is 324 g/mol. The predicted molar refractivity (Wildman–Crippen MR) is 93.1 cm³/mol. The van der Waals surface area contributed by atoms with Crippen LogP contribution < -0.4 is 5.32 Å². The van der Waals surface area contributed by atoms with E-state index in [9.17, 15) is 0 Å². The molecule has 4 rings (SSSR count). The molecular formula is C17H19ClN6. The number of nitrogens with zero attached hydrogens (tertiary/aromatic N) is 5. The van der Waals surface area contributed by atoms with E-state index in [0.29, 0.717) is 13.1 Å². The zero-order valence-electron chi connectivity index (χ0n) is 13.3. The Hall–Kier alpha value is -2.34. The van der Waals surface area contributed by atoms with Crippen LogP contribution >= 0.6 is 11.6 Å². The highest BCUT2D eigenvalue weighted by Gasteiger charge is 2.16. The summed E-state index contributed by atoms with van der Waals surface area (Å²) in [5.74, 6) is 2.08. The number of hydrogen-bond donors (Lipinski definition) is 1. The van der Waals surface area contributed by atoms with Crippen LogP contribution in [-0.4, -0.2) is 24.5 Å². The average Bonchev–Trinajstić information content (AvgIpc) is 3.21. The third-order valence-electron chi connectivity index (χ3n) is 4.26. The van der Waals surface area contributed by atoms with Gasteiger partial charge in [-0.05, 0) is 30.5 Å². The van der Waals surface area contributed by atoms with Crippen LogP contribution in [0.2, 0.25) is 5.02 Å². The topological polar surface area (TPSA) is 60.6 Å². The first-order valence-electron chi connectivity index (χ1n) is 8.20. The quantitative estimate of drug-likeness (QED) is 0.774. The molecule has 7 heteroatoms. The number of benzene rings is 1. The maximum Gasteiger partial charge on any atom is 0.154 e. The van der Waals surface area contributed by atoms with Gasteiger partial charge in [-0.1, -0.05) is 23.7 Å². The fourth-order valence-electron chi connectivity index (χ4n) is 3.02. The number of aromatic nitrogens is 5. The molecule has 0 bridgehead atoms. The van der Waals surface area contributed by atoms with Crippen LogP contribution in [0.1, 0.15) is 30.1 Å². The molecule has 24 heavy (non-hydrogen) atoms. The molecule has 3 heterocycles. The molecule has 0 saturated heterocycles. The van der Waals surface area contributed by atoms with Gasteiger partial charge in [-0.2, -0.15) is 5.10 Å². The second-order valence-corrected chi connectivity index (χ2v) is 6.49. The van der Waals surface area contributed by atoms with E-state index in [4.69, 9.17) is 11.6 Å². The third kappa shape index (κ3) is 3.28. The van der Waals surface area contributed by atoms with Gasteiger partial charge < -0.3 is 9.88 Å². The molecule has 0 amide bonds. The fourth-order valence-corrected chi connectivity index (χ4v) is 3.24. The largest absolute Gasteiger partial charge is 0.378 e. The first-order valence-corrected chi connectivity index (χ1v) is 8.57. The molecule has 0 saturated carbocycles. The molecule has 0 radical (unpaired) electrons. The zero-order chi connectivity index (χ0) is 16.4. The Labute approximate surface area is 145 Å². The Morgan fingerprint density at radius 3 is 3.08 bits per heavy atom. The number of hydrogen-bond acceptors (Lipinski definition) is 4.